The molecule has 0 unspecified atom stereocenters. The fourth-order valence-corrected chi connectivity index (χ4v) is 2.36. The van der Waals surface area contributed by atoms with E-state index in [9.17, 15) is 4.79 Å². The first kappa shape index (κ1) is 14.5. The van der Waals surface area contributed by atoms with Crippen molar-refractivity contribution in [3.05, 3.63) is 64.1 Å². The predicted molar refractivity (Wildman–Crippen MR) is 85.1 cm³/mol. The van der Waals surface area contributed by atoms with Crippen molar-refractivity contribution < 1.29 is 4.79 Å². The molecule has 0 aliphatic heterocycles. The predicted octanol–water partition coefficient (Wildman–Crippen LogP) is 2.93. The van der Waals surface area contributed by atoms with Gasteiger partial charge in [0.2, 0.25) is 0 Å². The lowest BCUT2D eigenvalue weighted by Gasteiger charge is -2.07. The van der Waals surface area contributed by atoms with Crippen LogP contribution in [0.2, 0.25) is 5.02 Å². The third-order valence-corrected chi connectivity index (χ3v) is 3.58. The van der Waals surface area contributed by atoms with Gasteiger partial charge in [-0.25, -0.2) is 9.50 Å². The van der Waals surface area contributed by atoms with Crippen molar-refractivity contribution in [2.24, 2.45) is 0 Å². The molecule has 3 rings (SSSR count). The molecule has 5 nitrogen and oxygen atoms in total. The summed E-state index contributed by atoms with van der Waals surface area (Å²) in [6.07, 6.45) is 0. The number of hydrogen-bond acceptors (Lipinski definition) is 3. The van der Waals surface area contributed by atoms with Gasteiger partial charge in [0.15, 0.2) is 5.65 Å². The van der Waals surface area contributed by atoms with E-state index >= 15 is 0 Å². The zero-order valence-corrected chi connectivity index (χ0v) is 13.1. The van der Waals surface area contributed by atoms with E-state index in [2.05, 4.69) is 15.4 Å². The van der Waals surface area contributed by atoms with Crippen molar-refractivity contribution in [1.29, 1.82) is 0 Å². The van der Waals surface area contributed by atoms with Gasteiger partial charge in [-0.3, -0.25) is 4.79 Å². The average molecular weight is 315 g/mol. The van der Waals surface area contributed by atoms with Crippen LogP contribution in [0.15, 0.2) is 36.4 Å². The van der Waals surface area contributed by atoms with Crippen LogP contribution in [0.25, 0.3) is 5.65 Å². The number of amides is 1. The lowest BCUT2D eigenvalue weighted by molar-refractivity contribution is 0.0946. The highest BCUT2D eigenvalue weighted by Crippen LogP contribution is 2.11. The molecule has 0 saturated heterocycles. The van der Waals surface area contributed by atoms with Crippen LogP contribution >= 0.6 is 11.6 Å². The molecule has 0 bridgehead atoms. The number of rotatable bonds is 3. The maximum Gasteiger partial charge on any atom is 0.270 e. The first-order valence-electron chi connectivity index (χ1n) is 6.89. The summed E-state index contributed by atoms with van der Waals surface area (Å²) in [6.45, 7) is 4.23. The molecule has 0 fully saturated rings. The van der Waals surface area contributed by atoms with Crippen LogP contribution in [0.3, 0.4) is 0 Å². The number of fused-ring (bicyclic) bond motifs is 1. The second-order valence-corrected chi connectivity index (χ2v) is 5.58. The van der Waals surface area contributed by atoms with Gasteiger partial charge in [-0.2, -0.15) is 5.10 Å². The quantitative estimate of drug-likeness (QED) is 0.808. The van der Waals surface area contributed by atoms with Crippen molar-refractivity contribution in [2.45, 2.75) is 20.4 Å². The Labute approximate surface area is 132 Å². The van der Waals surface area contributed by atoms with Crippen LogP contribution in [0.1, 0.15) is 27.4 Å². The summed E-state index contributed by atoms with van der Waals surface area (Å²) < 4.78 is 1.73. The first-order chi connectivity index (χ1) is 10.5. The summed E-state index contributed by atoms with van der Waals surface area (Å²) in [4.78, 5) is 16.6. The molecule has 22 heavy (non-hydrogen) atoms. The molecule has 0 spiro atoms. The number of nitrogens with zero attached hydrogens (tertiary/aromatic N) is 3. The fourth-order valence-electron chi connectivity index (χ4n) is 2.23. The largest absolute Gasteiger partial charge is 0.347 e. The van der Waals surface area contributed by atoms with E-state index in [0.29, 0.717) is 22.9 Å². The molecule has 0 radical (unpaired) electrons. The molecule has 2 aromatic heterocycles. The highest BCUT2D eigenvalue weighted by Gasteiger charge is 2.11. The molecule has 0 atom stereocenters. The number of carbonyl (C=O) groups is 1. The van der Waals surface area contributed by atoms with Crippen LogP contribution in [-0.2, 0) is 6.54 Å². The Bertz CT molecular complexity index is 839. The number of benzene rings is 1. The highest BCUT2D eigenvalue weighted by atomic mass is 35.5. The average Bonchev–Trinajstić information content (AvgIpc) is 2.87. The molecular formula is C16H15ClN4O. The van der Waals surface area contributed by atoms with Crippen LogP contribution in [0.4, 0.5) is 0 Å². The Hall–Kier alpha value is -2.40. The maximum absolute atomic E-state index is 12.3. The Morgan fingerprint density at radius 2 is 1.95 bits per heavy atom. The van der Waals surface area contributed by atoms with Crippen LogP contribution < -0.4 is 5.32 Å². The summed E-state index contributed by atoms with van der Waals surface area (Å²) in [6, 6.07) is 10.9. The molecule has 2 heterocycles. The number of hydrogen-bond donors (Lipinski definition) is 1. The second kappa shape index (κ2) is 5.77. The first-order valence-corrected chi connectivity index (χ1v) is 7.27. The summed E-state index contributed by atoms with van der Waals surface area (Å²) in [5.41, 5.74) is 3.79. The van der Waals surface area contributed by atoms with E-state index in [1.54, 1.807) is 22.7 Å². The fraction of sp³-hybridized carbons (Fsp3) is 0.188. The van der Waals surface area contributed by atoms with Gasteiger partial charge >= 0.3 is 0 Å². The molecule has 6 heteroatoms. The molecule has 1 amide bonds. The van der Waals surface area contributed by atoms with Crippen molar-refractivity contribution >= 4 is 23.2 Å². The number of aromatic nitrogens is 3. The molecule has 0 saturated carbocycles. The Morgan fingerprint density at radius 3 is 2.68 bits per heavy atom. The smallest absolute Gasteiger partial charge is 0.270 e. The zero-order valence-electron chi connectivity index (χ0n) is 12.3. The van der Waals surface area contributed by atoms with E-state index in [1.807, 2.05) is 32.0 Å². The lowest BCUT2D eigenvalue weighted by Crippen LogP contribution is -2.24. The number of carbonyl (C=O) groups excluding carboxylic acids is 1. The van der Waals surface area contributed by atoms with Crippen LogP contribution in [-0.4, -0.2) is 20.5 Å². The maximum atomic E-state index is 12.3. The van der Waals surface area contributed by atoms with Crippen molar-refractivity contribution in [2.75, 3.05) is 0 Å². The Balaban J connectivity index is 1.78. The molecule has 1 N–H and O–H groups in total. The number of nitrogens with one attached hydrogen (secondary N) is 1. The van der Waals surface area contributed by atoms with Gasteiger partial charge < -0.3 is 5.32 Å². The second-order valence-electron chi connectivity index (χ2n) is 5.15. The van der Waals surface area contributed by atoms with E-state index in [-0.39, 0.29) is 5.91 Å². The topological polar surface area (TPSA) is 59.3 Å². The van der Waals surface area contributed by atoms with Crippen molar-refractivity contribution in [1.82, 2.24) is 19.9 Å². The molecule has 1 aromatic carbocycles. The van der Waals surface area contributed by atoms with Crippen LogP contribution in [0.5, 0.6) is 0 Å². The minimum absolute atomic E-state index is 0.209. The van der Waals surface area contributed by atoms with Crippen molar-refractivity contribution in [3.63, 3.8) is 0 Å². The van der Waals surface area contributed by atoms with Gasteiger partial charge in [0.25, 0.3) is 5.91 Å². The normalized spacial score (nSPS) is 10.9. The van der Waals surface area contributed by atoms with Gasteiger partial charge in [0, 0.05) is 23.3 Å². The van der Waals surface area contributed by atoms with Crippen LogP contribution in [0, 0.1) is 13.8 Å². The van der Waals surface area contributed by atoms with E-state index in [0.717, 1.165) is 17.0 Å². The van der Waals surface area contributed by atoms with E-state index < -0.39 is 0 Å². The van der Waals surface area contributed by atoms with Gasteiger partial charge in [-0.05, 0) is 37.6 Å². The van der Waals surface area contributed by atoms with Gasteiger partial charge in [0.1, 0.15) is 5.69 Å². The van der Waals surface area contributed by atoms with Gasteiger partial charge in [-0.1, -0.05) is 23.7 Å². The lowest BCUT2D eigenvalue weighted by atomic mass is 10.2. The van der Waals surface area contributed by atoms with E-state index in [4.69, 9.17) is 11.6 Å². The molecular weight excluding hydrogens is 300 g/mol. The monoisotopic (exact) mass is 314 g/mol. The van der Waals surface area contributed by atoms with Crippen molar-refractivity contribution in [3.8, 4) is 0 Å². The highest BCUT2D eigenvalue weighted by molar-refractivity contribution is 6.30. The molecule has 112 valence electrons. The Kier molecular flexibility index (Phi) is 3.81. The third-order valence-electron chi connectivity index (χ3n) is 3.33. The molecule has 0 aliphatic rings. The Morgan fingerprint density at radius 1 is 1.23 bits per heavy atom. The minimum atomic E-state index is -0.209. The van der Waals surface area contributed by atoms with E-state index in [1.165, 1.54) is 0 Å². The summed E-state index contributed by atoms with van der Waals surface area (Å²) in [7, 11) is 0. The molecule has 0 aliphatic carbocycles. The van der Waals surface area contributed by atoms with Gasteiger partial charge in [-0.15, -0.1) is 0 Å². The van der Waals surface area contributed by atoms with Gasteiger partial charge in [0.05, 0.1) is 5.69 Å². The summed E-state index contributed by atoms with van der Waals surface area (Å²) in [5.74, 6) is -0.209. The summed E-state index contributed by atoms with van der Waals surface area (Å²) in [5, 5.41) is 7.86. The molecule has 3 aromatic rings. The summed E-state index contributed by atoms with van der Waals surface area (Å²) >= 11 is 5.84. The number of halogens is 1. The number of aryl methyl sites for hydroxylation is 2. The SMILES string of the molecule is Cc1cc2nc(C(=O)NCc3ccc(Cl)cc3)cc(C)n2n1. The zero-order chi connectivity index (χ0) is 15.7. The standard InChI is InChI=1S/C16H15ClN4O/c1-10-7-15-19-14(8-11(2)21(15)20-10)16(22)18-9-12-3-5-13(17)6-4-12/h3-8H,9H2,1-2H3,(H,18,22). The third kappa shape index (κ3) is 2.94. The minimum Gasteiger partial charge on any atom is -0.347 e.